The van der Waals surface area contributed by atoms with Crippen molar-refractivity contribution in [1.29, 1.82) is 0 Å². The first-order chi connectivity index (χ1) is 7.26. The lowest BCUT2D eigenvalue weighted by atomic mass is 10.1. The first-order valence-electron chi connectivity index (χ1n) is 5.24. The largest absolute Gasteiger partial charge is 0.352 e. The SMILES string of the molecule is C=Cc1ccc(CNC(=O)CCC)cc1. The van der Waals surface area contributed by atoms with Crippen LogP contribution in [0.25, 0.3) is 6.08 Å². The average molecular weight is 203 g/mol. The molecule has 1 aromatic carbocycles. The van der Waals surface area contributed by atoms with Crippen LogP contribution in [-0.2, 0) is 11.3 Å². The molecule has 0 aliphatic rings. The van der Waals surface area contributed by atoms with Gasteiger partial charge in [0.15, 0.2) is 0 Å². The quantitative estimate of drug-likeness (QED) is 0.783. The monoisotopic (exact) mass is 203 g/mol. The highest BCUT2D eigenvalue weighted by molar-refractivity contribution is 5.75. The molecule has 2 nitrogen and oxygen atoms in total. The van der Waals surface area contributed by atoms with Gasteiger partial charge in [-0.05, 0) is 17.5 Å². The van der Waals surface area contributed by atoms with Crippen LogP contribution in [0, 0.1) is 0 Å². The van der Waals surface area contributed by atoms with E-state index >= 15 is 0 Å². The van der Waals surface area contributed by atoms with Crippen molar-refractivity contribution in [2.24, 2.45) is 0 Å². The summed E-state index contributed by atoms with van der Waals surface area (Å²) in [6.45, 7) is 6.30. The van der Waals surface area contributed by atoms with Gasteiger partial charge < -0.3 is 5.32 Å². The van der Waals surface area contributed by atoms with Crippen LogP contribution >= 0.6 is 0 Å². The number of hydrogen-bond donors (Lipinski definition) is 1. The number of hydrogen-bond acceptors (Lipinski definition) is 1. The molecule has 0 unspecified atom stereocenters. The van der Waals surface area contributed by atoms with Gasteiger partial charge in [0.05, 0.1) is 0 Å². The summed E-state index contributed by atoms with van der Waals surface area (Å²) in [5.41, 5.74) is 2.21. The molecular weight excluding hydrogens is 186 g/mol. The smallest absolute Gasteiger partial charge is 0.220 e. The van der Waals surface area contributed by atoms with Crippen LogP contribution in [0.2, 0.25) is 0 Å². The second kappa shape index (κ2) is 6.02. The molecule has 1 amide bonds. The second-order valence-electron chi connectivity index (χ2n) is 3.47. The molecule has 0 bridgehead atoms. The predicted molar refractivity (Wildman–Crippen MR) is 63.3 cm³/mol. The topological polar surface area (TPSA) is 29.1 Å². The summed E-state index contributed by atoms with van der Waals surface area (Å²) in [6, 6.07) is 8.00. The van der Waals surface area contributed by atoms with Gasteiger partial charge in [0.25, 0.3) is 0 Å². The Labute approximate surface area is 91.0 Å². The maximum absolute atomic E-state index is 11.2. The highest BCUT2D eigenvalue weighted by Crippen LogP contribution is 2.05. The molecule has 15 heavy (non-hydrogen) atoms. The van der Waals surface area contributed by atoms with Crippen molar-refractivity contribution in [3.8, 4) is 0 Å². The zero-order valence-corrected chi connectivity index (χ0v) is 9.12. The first kappa shape index (κ1) is 11.5. The fourth-order valence-corrected chi connectivity index (χ4v) is 1.29. The van der Waals surface area contributed by atoms with Crippen molar-refractivity contribution >= 4 is 12.0 Å². The van der Waals surface area contributed by atoms with Gasteiger partial charge in [-0.25, -0.2) is 0 Å². The van der Waals surface area contributed by atoms with Gasteiger partial charge in [-0.3, -0.25) is 4.79 Å². The minimum absolute atomic E-state index is 0.116. The van der Waals surface area contributed by atoms with Crippen molar-refractivity contribution in [2.75, 3.05) is 0 Å². The second-order valence-corrected chi connectivity index (χ2v) is 3.47. The molecule has 80 valence electrons. The van der Waals surface area contributed by atoms with Crippen molar-refractivity contribution < 1.29 is 4.79 Å². The Hall–Kier alpha value is -1.57. The van der Waals surface area contributed by atoms with E-state index in [4.69, 9.17) is 0 Å². The van der Waals surface area contributed by atoms with Gasteiger partial charge in [0, 0.05) is 13.0 Å². The van der Waals surface area contributed by atoms with Gasteiger partial charge in [0.1, 0.15) is 0 Å². The summed E-state index contributed by atoms with van der Waals surface area (Å²) < 4.78 is 0. The molecule has 0 spiro atoms. The zero-order valence-electron chi connectivity index (χ0n) is 9.12. The van der Waals surface area contributed by atoms with E-state index in [2.05, 4.69) is 11.9 Å². The highest BCUT2D eigenvalue weighted by atomic mass is 16.1. The van der Waals surface area contributed by atoms with E-state index in [-0.39, 0.29) is 5.91 Å². The van der Waals surface area contributed by atoms with Gasteiger partial charge >= 0.3 is 0 Å². The number of amides is 1. The molecule has 1 N–H and O–H groups in total. The molecule has 0 atom stereocenters. The minimum Gasteiger partial charge on any atom is -0.352 e. The molecule has 1 aromatic rings. The van der Waals surface area contributed by atoms with Crippen LogP contribution in [0.4, 0.5) is 0 Å². The molecule has 0 aliphatic carbocycles. The van der Waals surface area contributed by atoms with Crippen molar-refractivity contribution in [3.63, 3.8) is 0 Å². The fourth-order valence-electron chi connectivity index (χ4n) is 1.29. The average Bonchev–Trinajstić information content (AvgIpc) is 2.27. The van der Waals surface area contributed by atoms with Gasteiger partial charge in [0.2, 0.25) is 5.91 Å². The standard InChI is InChI=1S/C13H17NO/c1-3-5-13(15)14-10-12-8-6-11(4-2)7-9-12/h4,6-9H,2-3,5,10H2,1H3,(H,14,15). The lowest BCUT2D eigenvalue weighted by Crippen LogP contribution is -2.21. The van der Waals surface area contributed by atoms with Crippen LogP contribution < -0.4 is 5.32 Å². The molecule has 1 rings (SSSR count). The Morgan fingerprint density at radius 1 is 1.40 bits per heavy atom. The van der Waals surface area contributed by atoms with Crippen molar-refractivity contribution in [1.82, 2.24) is 5.32 Å². The number of carbonyl (C=O) groups is 1. The molecule has 0 radical (unpaired) electrons. The summed E-state index contributed by atoms with van der Waals surface area (Å²) in [7, 11) is 0. The predicted octanol–water partition coefficient (Wildman–Crippen LogP) is 2.75. The van der Waals surface area contributed by atoms with E-state index in [0.29, 0.717) is 13.0 Å². The Bertz CT molecular complexity index is 327. The Morgan fingerprint density at radius 3 is 2.60 bits per heavy atom. The van der Waals surface area contributed by atoms with Gasteiger partial charge in [-0.1, -0.05) is 43.8 Å². The molecule has 2 heteroatoms. The number of nitrogens with one attached hydrogen (secondary N) is 1. The summed E-state index contributed by atoms with van der Waals surface area (Å²) in [5, 5.41) is 2.87. The molecule has 0 aliphatic heterocycles. The maximum atomic E-state index is 11.2. The van der Waals surface area contributed by atoms with Crippen molar-refractivity contribution in [3.05, 3.63) is 42.0 Å². The highest BCUT2D eigenvalue weighted by Gasteiger charge is 1.98. The molecule has 0 fully saturated rings. The van der Waals surface area contributed by atoms with E-state index in [1.807, 2.05) is 31.2 Å². The molecule has 0 saturated heterocycles. The van der Waals surface area contributed by atoms with Gasteiger partial charge in [-0.2, -0.15) is 0 Å². The third-order valence-electron chi connectivity index (χ3n) is 2.18. The molecule has 0 aromatic heterocycles. The Kier molecular flexibility index (Phi) is 4.61. The summed E-state index contributed by atoms with van der Waals surface area (Å²) in [5.74, 6) is 0.116. The van der Waals surface area contributed by atoms with E-state index < -0.39 is 0 Å². The lowest BCUT2D eigenvalue weighted by Gasteiger charge is -2.04. The zero-order chi connectivity index (χ0) is 11.1. The summed E-state index contributed by atoms with van der Waals surface area (Å²) in [4.78, 5) is 11.2. The number of rotatable bonds is 5. The van der Waals surface area contributed by atoms with E-state index in [0.717, 1.165) is 17.5 Å². The lowest BCUT2D eigenvalue weighted by molar-refractivity contribution is -0.121. The molecular formula is C13H17NO. The summed E-state index contributed by atoms with van der Waals surface area (Å²) in [6.07, 6.45) is 3.30. The van der Waals surface area contributed by atoms with Gasteiger partial charge in [-0.15, -0.1) is 0 Å². The van der Waals surface area contributed by atoms with Crippen molar-refractivity contribution in [2.45, 2.75) is 26.3 Å². The molecule has 0 heterocycles. The van der Waals surface area contributed by atoms with E-state index in [1.165, 1.54) is 0 Å². The van der Waals surface area contributed by atoms with Crippen LogP contribution in [0.5, 0.6) is 0 Å². The van der Waals surface area contributed by atoms with E-state index in [9.17, 15) is 4.79 Å². The fraction of sp³-hybridized carbons (Fsp3) is 0.308. The van der Waals surface area contributed by atoms with Crippen LogP contribution in [-0.4, -0.2) is 5.91 Å². The molecule has 0 saturated carbocycles. The normalized spacial score (nSPS) is 9.67. The third-order valence-corrected chi connectivity index (χ3v) is 2.18. The first-order valence-corrected chi connectivity index (χ1v) is 5.24. The minimum atomic E-state index is 0.116. The Balaban J connectivity index is 2.44. The number of carbonyl (C=O) groups excluding carboxylic acids is 1. The number of benzene rings is 1. The summed E-state index contributed by atoms with van der Waals surface area (Å²) >= 11 is 0. The third kappa shape index (κ3) is 3.98. The maximum Gasteiger partial charge on any atom is 0.220 e. The van der Waals surface area contributed by atoms with Crippen LogP contribution in [0.1, 0.15) is 30.9 Å². The Morgan fingerprint density at radius 2 is 2.07 bits per heavy atom. The van der Waals surface area contributed by atoms with Crippen LogP contribution in [0.3, 0.4) is 0 Å². The van der Waals surface area contributed by atoms with Crippen LogP contribution in [0.15, 0.2) is 30.8 Å². The van der Waals surface area contributed by atoms with E-state index in [1.54, 1.807) is 6.08 Å².